The lowest BCUT2D eigenvalue weighted by atomic mass is 9.96. The van der Waals surface area contributed by atoms with Crippen LogP contribution in [0.1, 0.15) is 73.0 Å². The molecule has 2 rings (SSSR count). The molecule has 1 amide bonds. The molecule has 0 saturated carbocycles. The zero-order valence-electron chi connectivity index (χ0n) is 20.9. The number of aliphatic carboxylic acids is 1. The van der Waals surface area contributed by atoms with Crippen molar-refractivity contribution < 1.29 is 19.4 Å². The third-order valence-corrected chi connectivity index (χ3v) is 13.5. The Kier molecular flexibility index (Phi) is 9.60. The maximum atomic E-state index is 13.0. The van der Waals surface area contributed by atoms with Crippen molar-refractivity contribution in [1.82, 2.24) is 4.90 Å². The first-order chi connectivity index (χ1) is 15.5. The first-order valence-corrected chi connectivity index (χ1v) is 14.5. The van der Waals surface area contributed by atoms with Gasteiger partial charge in [0.2, 0.25) is 5.91 Å². The van der Waals surface area contributed by atoms with Crippen LogP contribution < -0.4 is 0 Å². The Hall–Kier alpha value is -1.81. The van der Waals surface area contributed by atoms with Crippen molar-refractivity contribution in [2.75, 3.05) is 6.61 Å². The Morgan fingerprint density at radius 2 is 1.70 bits per heavy atom. The molecule has 1 aliphatic rings. The fourth-order valence-electron chi connectivity index (χ4n) is 5.36. The van der Waals surface area contributed by atoms with Crippen LogP contribution in [0.25, 0.3) is 0 Å². The minimum absolute atomic E-state index is 0.167. The van der Waals surface area contributed by atoms with Gasteiger partial charge >= 0.3 is 5.97 Å². The topological polar surface area (TPSA) is 66.8 Å². The van der Waals surface area contributed by atoms with Crippen molar-refractivity contribution >= 4 is 31.6 Å². The van der Waals surface area contributed by atoms with Gasteiger partial charge in [-0.15, -0.1) is 5.54 Å². The Morgan fingerprint density at radius 1 is 1.15 bits per heavy atom. The average Bonchev–Trinajstić information content (AvgIpc) is 2.73. The molecule has 0 aromatic heterocycles. The van der Waals surface area contributed by atoms with Gasteiger partial charge in [-0.2, -0.15) is 0 Å². The summed E-state index contributed by atoms with van der Waals surface area (Å²) < 4.78 is 6.00. The number of hydrogen-bond donors (Lipinski definition) is 1. The monoisotopic (exact) mass is 491 g/mol. The molecule has 1 aliphatic heterocycles. The molecular formula is C26H38ClNO4Si. The predicted molar refractivity (Wildman–Crippen MR) is 136 cm³/mol. The van der Waals surface area contributed by atoms with E-state index in [4.69, 9.17) is 16.3 Å². The van der Waals surface area contributed by atoms with Crippen LogP contribution in [0.3, 0.4) is 0 Å². The normalized spacial score (nSPS) is 20.2. The van der Waals surface area contributed by atoms with E-state index in [-0.39, 0.29) is 12.5 Å². The van der Waals surface area contributed by atoms with E-state index in [1.54, 1.807) is 12.1 Å². The summed E-state index contributed by atoms with van der Waals surface area (Å²) in [6.45, 7) is 15.1. The number of carboxylic acid groups (broad SMARTS) is 1. The van der Waals surface area contributed by atoms with Gasteiger partial charge in [0.1, 0.15) is 32.9 Å². The summed E-state index contributed by atoms with van der Waals surface area (Å²) >= 11 is 6.09. The van der Waals surface area contributed by atoms with Crippen LogP contribution in [-0.2, 0) is 14.3 Å². The molecule has 0 bridgehead atoms. The molecule has 0 spiro atoms. The lowest BCUT2D eigenvalue weighted by Crippen LogP contribution is -2.57. The number of morpholine rings is 1. The highest BCUT2D eigenvalue weighted by atomic mass is 35.5. The zero-order valence-corrected chi connectivity index (χ0v) is 22.6. The number of amides is 1. The molecule has 3 atom stereocenters. The quantitative estimate of drug-likeness (QED) is 0.353. The number of benzene rings is 1. The second kappa shape index (κ2) is 11.5. The van der Waals surface area contributed by atoms with Gasteiger partial charge in [-0.3, -0.25) is 4.79 Å². The summed E-state index contributed by atoms with van der Waals surface area (Å²) in [4.78, 5) is 26.7. The molecule has 7 heteroatoms. The standard InChI is InChI=1S/C26H38ClNO4Si/c1-8-9-23(26(30)31)28-22(14-15-33(17(2)3,18(4)5)19(6)7)25(32-16-24(28)29)20-10-12-21(27)13-11-20/h10-13,17-19,22-23,25H,8-9,16H2,1-7H3,(H,30,31)/t22-,23?,25+/m0/s1. The third kappa shape index (κ3) is 5.82. The van der Waals surface area contributed by atoms with Crippen LogP contribution in [0.4, 0.5) is 0 Å². The predicted octanol–water partition coefficient (Wildman–Crippen LogP) is 6.08. The van der Waals surface area contributed by atoms with E-state index in [2.05, 4.69) is 53.0 Å². The highest BCUT2D eigenvalue weighted by Gasteiger charge is 2.45. The SMILES string of the molecule is CCCC(C(=O)O)N1C(=O)CO[C@H](c2ccc(Cl)cc2)[C@@H]1C#C[Si](C(C)C)(C(C)C)C(C)C. The minimum atomic E-state index is -2.11. The molecule has 0 radical (unpaired) electrons. The Bertz CT molecular complexity index is 866. The summed E-state index contributed by atoms with van der Waals surface area (Å²) in [6.07, 6.45) is 0.480. The van der Waals surface area contributed by atoms with Gasteiger partial charge in [-0.25, -0.2) is 4.79 Å². The number of nitrogens with zero attached hydrogens (tertiary/aromatic N) is 1. The first kappa shape index (κ1) is 27.4. The summed E-state index contributed by atoms with van der Waals surface area (Å²) in [5, 5.41) is 10.6. The van der Waals surface area contributed by atoms with Crippen molar-refractivity contribution in [3.05, 3.63) is 34.9 Å². The number of carboxylic acids is 1. The van der Waals surface area contributed by atoms with Crippen molar-refractivity contribution in [3.63, 3.8) is 0 Å². The Labute approximate surface area is 204 Å². The van der Waals surface area contributed by atoms with Gasteiger partial charge < -0.3 is 14.7 Å². The summed E-state index contributed by atoms with van der Waals surface area (Å²) in [6, 6.07) is 5.67. The number of rotatable bonds is 8. The Morgan fingerprint density at radius 3 is 2.15 bits per heavy atom. The second-order valence-corrected chi connectivity index (χ2v) is 15.9. The molecular weight excluding hydrogens is 454 g/mol. The molecule has 5 nitrogen and oxygen atoms in total. The molecule has 0 aliphatic carbocycles. The van der Waals surface area contributed by atoms with Gasteiger partial charge in [-0.05, 0) is 40.7 Å². The number of hydrogen-bond acceptors (Lipinski definition) is 3. The first-order valence-electron chi connectivity index (χ1n) is 11.9. The Balaban J connectivity index is 2.70. The van der Waals surface area contributed by atoms with Crippen molar-refractivity contribution in [3.8, 4) is 11.5 Å². The maximum absolute atomic E-state index is 13.0. The van der Waals surface area contributed by atoms with Crippen LogP contribution in [0.15, 0.2) is 24.3 Å². The molecule has 1 aromatic rings. The molecule has 1 saturated heterocycles. The van der Waals surface area contributed by atoms with Gasteiger partial charge in [0.15, 0.2) is 0 Å². The second-order valence-electron chi connectivity index (χ2n) is 9.84. The smallest absolute Gasteiger partial charge is 0.326 e. The van der Waals surface area contributed by atoms with Crippen molar-refractivity contribution in [1.29, 1.82) is 0 Å². The van der Waals surface area contributed by atoms with E-state index >= 15 is 0 Å². The third-order valence-electron chi connectivity index (χ3n) is 6.94. The fourth-order valence-corrected chi connectivity index (χ4v) is 10.7. The minimum Gasteiger partial charge on any atom is -0.480 e. The fraction of sp³-hybridized carbons (Fsp3) is 0.615. The summed E-state index contributed by atoms with van der Waals surface area (Å²) in [7, 11) is -2.11. The van der Waals surface area contributed by atoms with Gasteiger partial charge in [0, 0.05) is 5.02 Å². The van der Waals surface area contributed by atoms with E-state index in [0.29, 0.717) is 34.5 Å². The van der Waals surface area contributed by atoms with Crippen LogP contribution in [0.2, 0.25) is 21.6 Å². The van der Waals surface area contributed by atoms with Crippen molar-refractivity contribution in [2.45, 2.75) is 96.1 Å². The van der Waals surface area contributed by atoms with Crippen LogP contribution in [0.5, 0.6) is 0 Å². The summed E-state index contributed by atoms with van der Waals surface area (Å²) in [5.41, 5.74) is 5.78. The van der Waals surface area contributed by atoms with E-state index < -0.39 is 32.2 Å². The van der Waals surface area contributed by atoms with Gasteiger partial charge in [0.25, 0.3) is 0 Å². The maximum Gasteiger partial charge on any atom is 0.326 e. The van der Waals surface area contributed by atoms with Crippen molar-refractivity contribution in [2.24, 2.45) is 0 Å². The van der Waals surface area contributed by atoms with E-state index in [1.165, 1.54) is 4.90 Å². The largest absolute Gasteiger partial charge is 0.480 e. The molecule has 33 heavy (non-hydrogen) atoms. The lowest BCUT2D eigenvalue weighted by Gasteiger charge is -2.42. The van der Waals surface area contributed by atoms with Crippen LogP contribution in [-0.4, -0.2) is 48.6 Å². The molecule has 1 unspecified atom stereocenters. The van der Waals surface area contributed by atoms with Crippen LogP contribution in [0, 0.1) is 11.5 Å². The number of carbonyl (C=O) groups is 2. The molecule has 1 fully saturated rings. The summed E-state index contributed by atoms with van der Waals surface area (Å²) in [5.74, 6) is 2.11. The highest BCUT2D eigenvalue weighted by Crippen LogP contribution is 2.41. The molecule has 1 aromatic carbocycles. The van der Waals surface area contributed by atoms with E-state index in [9.17, 15) is 14.7 Å². The number of carbonyl (C=O) groups excluding carboxylic acids is 1. The average molecular weight is 492 g/mol. The molecule has 182 valence electrons. The van der Waals surface area contributed by atoms with Gasteiger partial charge in [0.05, 0.1) is 0 Å². The molecule has 1 N–H and O–H groups in total. The van der Waals surface area contributed by atoms with Gasteiger partial charge in [-0.1, -0.05) is 84.5 Å². The zero-order chi connectivity index (χ0) is 24.9. The highest BCUT2D eigenvalue weighted by molar-refractivity contribution is 6.90. The van der Waals surface area contributed by atoms with E-state index in [0.717, 1.165) is 5.56 Å². The number of halogens is 1. The van der Waals surface area contributed by atoms with E-state index in [1.807, 2.05) is 19.1 Å². The molecule has 1 heterocycles. The van der Waals surface area contributed by atoms with Crippen LogP contribution >= 0.6 is 11.6 Å². The number of ether oxygens (including phenoxy) is 1. The lowest BCUT2D eigenvalue weighted by molar-refractivity contribution is -0.167.